The van der Waals surface area contributed by atoms with E-state index in [1.54, 1.807) is 0 Å². The Morgan fingerprint density at radius 3 is 1.41 bits per heavy atom. The number of amides is 1. The third-order valence-corrected chi connectivity index (χ3v) is 12.1. The molecule has 0 aliphatic rings. The lowest BCUT2D eigenvalue weighted by Crippen LogP contribution is -2.46. The normalized spacial score (nSPS) is 14.5. The number of nitrogens with zero attached hydrogens (tertiary/aromatic N) is 1. The van der Waals surface area contributed by atoms with Gasteiger partial charge in [-0.25, -0.2) is 4.57 Å². The maximum absolute atomic E-state index is 12.9. The zero-order valence-corrected chi connectivity index (χ0v) is 40.4. The number of aliphatic hydroxyl groups is 1. The van der Waals surface area contributed by atoms with Crippen LogP contribution in [0.1, 0.15) is 226 Å². The molecule has 3 N–H and O–H groups in total. The van der Waals surface area contributed by atoms with Crippen molar-refractivity contribution < 1.29 is 32.9 Å². The highest BCUT2D eigenvalue weighted by Gasteiger charge is 2.28. The van der Waals surface area contributed by atoms with Crippen LogP contribution in [0.5, 0.6) is 0 Å². The molecule has 0 fully saturated rings. The van der Waals surface area contributed by atoms with Crippen LogP contribution < -0.4 is 5.32 Å². The number of aliphatic hydroxyl groups excluding tert-OH is 1. The molecule has 8 nitrogen and oxygen atoms in total. The predicted molar refractivity (Wildman–Crippen MR) is 254 cm³/mol. The van der Waals surface area contributed by atoms with Gasteiger partial charge in [0.1, 0.15) is 13.2 Å². The summed E-state index contributed by atoms with van der Waals surface area (Å²) in [6.45, 7) is 4.86. The van der Waals surface area contributed by atoms with Gasteiger partial charge in [0.05, 0.1) is 39.9 Å². The van der Waals surface area contributed by atoms with Gasteiger partial charge in [-0.05, 0) is 51.4 Å². The van der Waals surface area contributed by atoms with Crippen molar-refractivity contribution in [2.75, 3.05) is 40.9 Å². The van der Waals surface area contributed by atoms with E-state index in [0.29, 0.717) is 23.9 Å². The van der Waals surface area contributed by atoms with Crippen molar-refractivity contribution >= 4 is 13.7 Å². The molecular weight excluding hydrogens is 756 g/mol. The van der Waals surface area contributed by atoms with Gasteiger partial charge in [-0.2, -0.15) is 0 Å². The third-order valence-electron chi connectivity index (χ3n) is 11.1. The van der Waals surface area contributed by atoms with Crippen molar-refractivity contribution in [1.29, 1.82) is 0 Å². The minimum absolute atomic E-state index is 0.0741. The van der Waals surface area contributed by atoms with Gasteiger partial charge < -0.3 is 19.8 Å². The van der Waals surface area contributed by atoms with Gasteiger partial charge in [0, 0.05) is 6.42 Å². The van der Waals surface area contributed by atoms with E-state index >= 15 is 0 Å². The van der Waals surface area contributed by atoms with Gasteiger partial charge in [0.15, 0.2) is 0 Å². The molecule has 3 unspecified atom stereocenters. The Balaban J connectivity index is 4.11. The van der Waals surface area contributed by atoms with Crippen molar-refractivity contribution in [2.45, 2.75) is 238 Å². The van der Waals surface area contributed by atoms with E-state index < -0.39 is 20.0 Å². The van der Waals surface area contributed by atoms with Gasteiger partial charge in [-0.3, -0.25) is 13.8 Å². The molecule has 0 aromatic heterocycles. The van der Waals surface area contributed by atoms with Crippen LogP contribution in [0.4, 0.5) is 0 Å². The van der Waals surface area contributed by atoms with Gasteiger partial charge in [-0.1, -0.05) is 204 Å². The van der Waals surface area contributed by atoms with Crippen LogP contribution in [0.3, 0.4) is 0 Å². The molecule has 348 valence electrons. The average molecular weight is 854 g/mol. The quantitative estimate of drug-likeness (QED) is 0.0244. The lowest BCUT2D eigenvalue weighted by Gasteiger charge is -2.26. The molecule has 9 heteroatoms. The fourth-order valence-electron chi connectivity index (χ4n) is 7.17. The predicted octanol–water partition coefficient (Wildman–Crippen LogP) is 14.3. The number of nitrogens with one attached hydrogen (secondary N) is 1. The Morgan fingerprint density at radius 1 is 0.576 bits per heavy atom. The van der Waals surface area contributed by atoms with Crippen molar-refractivity contribution in [3.8, 4) is 0 Å². The minimum atomic E-state index is -4.31. The number of phosphoric ester groups is 1. The van der Waals surface area contributed by atoms with Crippen LogP contribution in [-0.2, 0) is 18.4 Å². The van der Waals surface area contributed by atoms with E-state index in [4.69, 9.17) is 9.05 Å². The number of carbonyl (C=O) groups excluding carboxylic acids is 1. The first-order valence-electron chi connectivity index (χ1n) is 24.9. The molecule has 0 saturated heterocycles. The topological polar surface area (TPSA) is 105 Å². The van der Waals surface area contributed by atoms with Crippen LogP contribution in [0, 0.1) is 0 Å². The molecular formula is C50H98N2O6P+. The molecule has 0 aromatic carbocycles. The summed E-state index contributed by atoms with van der Waals surface area (Å²) in [5, 5.41) is 13.9. The van der Waals surface area contributed by atoms with E-state index in [2.05, 4.69) is 55.6 Å². The highest BCUT2D eigenvalue weighted by Crippen LogP contribution is 2.43. The number of rotatable bonds is 45. The van der Waals surface area contributed by atoms with E-state index in [1.165, 1.54) is 148 Å². The Hall–Kier alpha value is -1.28. The second-order valence-corrected chi connectivity index (χ2v) is 19.6. The smallest absolute Gasteiger partial charge is 0.391 e. The summed E-state index contributed by atoms with van der Waals surface area (Å²) in [5.74, 6) is -0.148. The molecule has 3 atom stereocenters. The Kier molecular flexibility index (Phi) is 41.1. The number of hydrogen-bond donors (Lipinski definition) is 3. The van der Waals surface area contributed by atoms with Gasteiger partial charge in [0.25, 0.3) is 0 Å². The van der Waals surface area contributed by atoms with Crippen molar-refractivity contribution in [3.05, 3.63) is 36.5 Å². The molecule has 0 heterocycles. The standard InChI is InChI=1S/C50H97N2O6P/c1-6-8-10-12-14-16-18-19-20-21-22-23-24-25-26-27-28-29-30-31-32-33-34-36-38-40-42-44-50(54)51-48(47-58-59(55,56)57-46-45-52(3,4)5)49(53)43-41-39-37-35-17-15-13-11-9-7-2/h18-19,21-22,24-25,48-49,53H,6-17,20,23,26-47H2,1-5H3,(H-,51,54,55,56)/p+1/b19-18-,22-21-,25-24-. The van der Waals surface area contributed by atoms with E-state index in [1.807, 2.05) is 21.1 Å². The Labute approximate surface area is 366 Å². The number of allylic oxidation sites excluding steroid dienone is 6. The number of quaternary nitrogens is 1. The van der Waals surface area contributed by atoms with Gasteiger partial charge >= 0.3 is 7.82 Å². The molecule has 0 saturated carbocycles. The van der Waals surface area contributed by atoms with Crippen molar-refractivity contribution in [1.82, 2.24) is 5.32 Å². The van der Waals surface area contributed by atoms with Crippen molar-refractivity contribution in [3.63, 3.8) is 0 Å². The summed E-state index contributed by atoms with van der Waals surface area (Å²) in [5.41, 5.74) is 0. The molecule has 0 bridgehead atoms. The number of phosphoric acid groups is 1. The molecule has 59 heavy (non-hydrogen) atoms. The molecule has 0 radical (unpaired) electrons. The number of likely N-dealkylation sites (N-methyl/N-ethyl adjacent to an activating group) is 1. The summed E-state index contributed by atoms with van der Waals surface area (Å²) in [6, 6.07) is -0.759. The fourth-order valence-corrected chi connectivity index (χ4v) is 7.91. The Bertz CT molecular complexity index is 1060. The maximum atomic E-state index is 12.9. The second kappa shape index (κ2) is 42.0. The third kappa shape index (κ3) is 44.6. The summed E-state index contributed by atoms with van der Waals surface area (Å²) in [6.07, 6.45) is 51.9. The molecule has 0 rings (SSSR count). The van der Waals surface area contributed by atoms with Crippen molar-refractivity contribution in [2.24, 2.45) is 0 Å². The van der Waals surface area contributed by atoms with Gasteiger partial charge in [0.2, 0.25) is 5.91 Å². The zero-order chi connectivity index (χ0) is 43.6. The number of carbonyl (C=O) groups is 1. The molecule has 0 spiro atoms. The Morgan fingerprint density at radius 2 is 0.966 bits per heavy atom. The van der Waals surface area contributed by atoms with E-state index in [-0.39, 0.29) is 19.1 Å². The number of hydrogen-bond acceptors (Lipinski definition) is 5. The van der Waals surface area contributed by atoms with E-state index in [0.717, 1.165) is 51.4 Å². The summed E-state index contributed by atoms with van der Waals surface area (Å²) < 4.78 is 23.6. The summed E-state index contributed by atoms with van der Waals surface area (Å²) in [7, 11) is 1.61. The monoisotopic (exact) mass is 854 g/mol. The lowest BCUT2D eigenvalue weighted by molar-refractivity contribution is -0.870. The molecule has 1 amide bonds. The largest absolute Gasteiger partial charge is 0.472 e. The average Bonchev–Trinajstić information content (AvgIpc) is 3.19. The van der Waals surface area contributed by atoms with Crippen LogP contribution in [0.2, 0.25) is 0 Å². The SMILES string of the molecule is CCCCCCC/C=C\C/C=C\C/C=C\CCCCCCCCCCCCCCC(=O)NC(COP(=O)(O)OCC[N+](C)(C)C)C(O)CCCCCCCCCCCC. The highest BCUT2D eigenvalue weighted by atomic mass is 31.2. The minimum Gasteiger partial charge on any atom is -0.391 e. The second-order valence-electron chi connectivity index (χ2n) is 18.2. The maximum Gasteiger partial charge on any atom is 0.472 e. The zero-order valence-electron chi connectivity index (χ0n) is 39.5. The first-order chi connectivity index (χ1) is 28.5. The summed E-state index contributed by atoms with van der Waals surface area (Å²) >= 11 is 0. The molecule has 0 aliphatic heterocycles. The highest BCUT2D eigenvalue weighted by molar-refractivity contribution is 7.47. The molecule has 0 aliphatic carbocycles. The van der Waals surface area contributed by atoms with Crippen LogP contribution in [0.15, 0.2) is 36.5 Å². The number of unbranched alkanes of at least 4 members (excludes halogenated alkanes) is 26. The van der Waals surface area contributed by atoms with Crippen LogP contribution >= 0.6 is 7.82 Å². The fraction of sp³-hybridized carbons (Fsp3) is 0.860. The van der Waals surface area contributed by atoms with Crippen LogP contribution in [0.25, 0.3) is 0 Å². The first kappa shape index (κ1) is 57.7. The lowest BCUT2D eigenvalue weighted by atomic mass is 10.0. The first-order valence-corrected chi connectivity index (χ1v) is 26.3. The van der Waals surface area contributed by atoms with Gasteiger partial charge in [-0.15, -0.1) is 0 Å². The van der Waals surface area contributed by atoms with E-state index in [9.17, 15) is 19.4 Å². The van der Waals surface area contributed by atoms with Crippen LogP contribution in [-0.4, -0.2) is 73.4 Å². The summed E-state index contributed by atoms with van der Waals surface area (Å²) in [4.78, 5) is 23.2. The molecule has 0 aromatic rings.